The van der Waals surface area contributed by atoms with Crippen molar-refractivity contribution in [2.24, 2.45) is 5.11 Å². The fraction of sp³-hybridized carbons (Fsp3) is 0.100. The molecule has 0 N–H and O–H groups in total. The van der Waals surface area contributed by atoms with Crippen LogP contribution in [0, 0.1) is 5.95 Å². The zero-order valence-corrected chi connectivity index (χ0v) is 8.29. The van der Waals surface area contributed by atoms with Crippen LogP contribution in [-0.2, 0) is 6.54 Å². The number of aromatic nitrogens is 2. The summed E-state index contributed by atoms with van der Waals surface area (Å²) in [7, 11) is 0. The summed E-state index contributed by atoms with van der Waals surface area (Å²) in [5.74, 6) is -0.414. The van der Waals surface area contributed by atoms with Crippen LogP contribution in [0.15, 0.2) is 41.6 Å². The van der Waals surface area contributed by atoms with E-state index in [9.17, 15) is 4.39 Å². The Labute approximate surface area is 90.8 Å². The highest BCUT2D eigenvalue weighted by Crippen LogP contribution is 2.11. The summed E-state index contributed by atoms with van der Waals surface area (Å²) < 4.78 is 14.4. The lowest BCUT2D eigenvalue weighted by atomic mass is 10.2. The molecule has 0 fully saturated rings. The molecule has 0 spiro atoms. The Balaban J connectivity index is 2.26. The van der Waals surface area contributed by atoms with Gasteiger partial charge < -0.3 is 0 Å². The van der Waals surface area contributed by atoms with Crippen molar-refractivity contribution in [3.8, 4) is 5.69 Å². The summed E-state index contributed by atoms with van der Waals surface area (Å²) in [5.41, 5.74) is 9.66. The molecule has 0 bridgehead atoms. The fourth-order valence-electron chi connectivity index (χ4n) is 1.33. The first-order chi connectivity index (χ1) is 7.81. The van der Waals surface area contributed by atoms with Gasteiger partial charge in [-0.3, -0.25) is 0 Å². The Morgan fingerprint density at radius 1 is 1.31 bits per heavy atom. The normalized spacial score (nSPS) is 9.81. The summed E-state index contributed by atoms with van der Waals surface area (Å²) in [6.07, 6.45) is 1.39. The molecule has 0 aliphatic carbocycles. The van der Waals surface area contributed by atoms with Gasteiger partial charge >= 0.3 is 0 Å². The summed E-state index contributed by atoms with van der Waals surface area (Å²) in [5, 5.41) is 7.27. The first kappa shape index (κ1) is 10.2. The summed E-state index contributed by atoms with van der Waals surface area (Å²) in [6.45, 7) is 0.290. The Hall–Kier alpha value is -2.33. The molecule has 0 unspecified atom stereocenters. The van der Waals surface area contributed by atoms with Crippen LogP contribution in [0.4, 0.5) is 4.39 Å². The van der Waals surface area contributed by atoms with Crippen molar-refractivity contribution < 1.29 is 4.39 Å². The van der Waals surface area contributed by atoms with Gasteiger partial charge in [0.15, 0.2) is 0 Å². The van der Waals surface area contributed by atoms with Crippen molar-refractivity contribution in [1.29, 1.82) is 0 Å². The monoisotopic (exact) mass is 217 g/mol. The van der Waals surface area contributed by atoms with Gasteiger partial charge in [-0.1, -0.05) is 17.2 Å². The van der Waals surface area contributed by atoms with E-state index in [2.05, 4.69) is 15.1 Å². The van der Waals surface area contributed by atoms with E-state index < -0.39 is 5.95 Å². The number of hydrogen-bond acceptors (Lipinski definition) is 2. The van der Waals surface area contributed by atoms with E-state index in [1.807, 2.05) is 0 Å². The van der Waals surface area contributed by atoms with E-state index in [0.717, 1.165) is 5.56 Å². The lowest BCUT2D eigenvalue weighted by Gasteiger charge is -2.02. The predicted octanol–water partition coefficient (Wildman–Crippen LogP) is 2.82. The summed E-state index contributed by atoms with van der Waals surface area (Å²) >= 11 is 0. The van der Waals surface area contributed by atoms with Gasteiger partial charge in [0.1, 0.15) is 0 Å². The minimum atomic E-state index is -0.414. The Morgan fingerprint density at radius 3 is 2.62 bits per heavy atom. The van der Waals surface area contributed by atoms with Crippen molar-refractivity contribution in [2.75, 3.05) is 0 Å². The molecule has 1 heterocycles. The number of rotatable bonds is 3. The number of azide groups is 1. The minimum Gasteiger partial charge on any atom is -0.207 e. The van der Waals surface area contributed by atoms with Crippen molar-refractivity contribution in [2.45, 2.75) is 6.54 Å². The number of halogens is 1. The molecular formula is C10H8FN5. The first-order valence-corrected chi connectivity index (χ1v) is 4.61. The van der Waals surface area contributed by atoms with Gasteiger partial charge in [-0.2, -0.15) is 9.49 Å². The zero-order valence-electron chi connectivity index (χ0n) is 8.29. The molecule has 1 aromatic heterocycles. The third kappa shape index (κ3) is 2.02. The van der Waals surface area contributed by atoms with Crippen molar-refractivity contribution in [3.05, 3.63) is 58.5 Å². The molecule has 80 valence electrons. The maximum absolute atomic E-state index is 13.2. The number of hydrogen-bond donors (Lipinski definition) is 0. The molecule has 0 amide bonds. The van der Waals surface area contributed by atoms with Gasteiger partial charge in [0.25, 0.3) is 0 Å². The highest BCUT2D eigenvalue weighted by atomic mass is 19.1. The number of benzene rings is 1. The van der Waals surface area contributed by atoms with Crippen LogP contribution in [0.2, 0.25) is 0 Å². The van der Waals surface area contributed by atoms with Gasteiger partial charge in [0, 0.05) is 11.0 Å². The van der Waals surface area contributed by atoms with E-state index >= 15 is 0 Å². The van der Waals surface area contributed by atoms with Gasteiger partial charge in [-0.05, 0) is 23.2 Å². The molecule has 16 heavy (non-hydrogen) atoms. The standard InChI is InChI=1S/C10H8FN5/c11-10-5-6-14-16(10)9-3-1-8(2-4-9)7-13-15-12/h1-6H,7H2. The molecule has 0 saturated heterocycles. The molecule has 2 aromatic rings. The second-order valence-corrected chi connectivity index (χ2v) is 3.12. The molecule has 6 heteroatoms. The van der Waals surface area contributed by atoms with Crippen molar-refractivity contribution in [1.82, 2.24) is 9.78 Å². The quantitative estimate of drug-likeness (QED) is 0.442. The second kappa shape index (κ2) is 4.46. The maximum Gasteiger partial charge on any atom is 0.216 e. The molecule has 0 aliphatic heterocycles. The molecule has 0 atom stereocenters. The number of nitrogens with zero attached hydrogens (tertiary/aromatic N) is 5. The zero-order chi connectivity index (χ0) is 11.4. The summed E-state index contributed by atoms with van der Waals surface area (Å²) in [6, 6.07) is 8.26. The van der Waals surface area contributed by atoms with Gasteiger partial charge in [-0.25, -0.2) is 4.68 Å². The highest BCUT2D eigenvalue weighted by Gasteiger charge is 2.02. The van der Waals surface area contributed by atoms with Gasteiger partial charge in [-0.15, -0.1) is 0 Å². The summed E-state index contributed by atoms with van der Waals surface area (Å²) in [4.78, 5) is 2.66. The Morgan fingerprint density at radius 2 is 2.06 bits per heavy atom. The van der Waals surface area contributed by atoms with Crippen molar-refractivity contribution in [3.63, 3.8) is 0 Å². The lowest BCUT2D eigenvalue weighted by Crippen LogP contribution is -1.99. The molecule has 1 aromatic carbocycles. The smallest absolute Gasteiger partial charge is 0.207 e. The van der Waals surface area contributed by atoms with E-state index in [4.69, 9.17) is 5.53 Å². The molecule has 0 aliphatic rings. The van der Waals surface area contributed by atoms with E-state index in [1.54, 1.807) is 24.3 Å². The van der Waals surface area contributed by atoms with E-state index in [1.165, 1.54) is 16.9 Å². The third-order valence-corrected chi connectivity index (χ3v) is 2.09. The third-order valence-electron chi connectivity index (χ3n) is 2.09. The van der Waals surface area contributed by atoms with Crippen LogP contribution in [0.3, 0.4) is 0 Å². The van der Waals surface area contributed by atoms with Gasteiger partial charge in [0.2, 0.25) is 5.95 Å². The Kier molecular flexibility index (Phi) is 2.84. The topological polar surface area (TPSA) is 66.6 Å². The van der Waals surface area contributed by atoms with Crippen LogP contribution in [0.25, 0.3) is 16.1 Å². The highest BCUT2D eigenvalue weighted by molar-refractivity contribution is 5.34. The lowest BCUT2D eigenvalue weighted by molar-refractivity contribution is 0.537. The van der Waals surface area contributed by atoms with E-state index in [0.29, 0.717) is 12.2 Å². The van der Waals surface area contributed by atoms with Crippen LogP contribution in [0.1, 0.15) is 5.56 Å². The maximum atomic E-state index is 13.2. The average Bonchev–Trinajstić information content (AvgIpc) is 2.74. The first-order valence-electron chi connectivity index (χ1n) is 4.61. The van der Waals surface area contributed by atoms with Gasteiger partial charge in [0.05, 0.1) is 18.4 Å². The van der Waals surface area contributed by atoms with E-state index in [-0.39, 0.29) is 0 Å². The van der Waals surface area contributed by atoms with Crippen LogP contribution >= 0.6 is 0 Å². The second-order valence-electron chi connectivity index (χ2n) is 3.12. The predicted molar refractivity (Wildman–Crippen MR) is 56.4 cm³/mol. The average molecular weight is 217 g/mol. The fourth-order valence-corrected chi connectivity index (χ4v) is 1.33. The molecular weight excluding hydrogens is 209 g/mol. The molecule has 5 nitrogen and oxygen atoms in total. The minimum absolute atomic E-state index is 0.290. The molecule has 2 rings (SSSR count). The van der Waals surface area contributed by atoms with Crippen LogP contribution < -0.4 is 0 Å². The largest absolute Gasteiger partial charge is 0.216 e. The van der Waals surface area contributed by atoms with Crippen LogP contribution in [0.5, 0.6) is 0 Å². The Bertz CT molecular complexity index is 524. The molecule has 0 saturated carbocycles. The van der Waals surface area contributed by atoms with Crippen molar-refractivity contribution >= 4 is 0 Å². The SMILES string of the molecule is [N-]=[N+]=NCc1ccc(-n2nccc2F)cc1. The molecule has 0 radical (unpaired) electrons. The van der Waals surface area contributed by atoms with Crippen LogP contribution in [-0.4, -0.2) is 9.78 Å².